The summed E-state index contributed by atoms with van der Waals surface area (Å²) in [5, 5.41) is 7.56. The first kappa shape index (κ1) is 57.4. The third-order valence-electron chi connectivity index (χ3n) is 22.2. The van der Waals surface area contributed by atoms with Gasteiger partial charge >= 0.3 is 0 Å². The van der Waals surface area contributed by atoms with Crippen LogP contribution in [0.4, 0.5) is 34.1 Å². The fourth-order valence-electron chi connectivity index (χ4n) is 17.6. The highest BCUT2D eigenvalue weighted by Gasteiger charge is 2.47. The first-order chi connectivity index (χ1) is 48.2. The molecule has 0 fully saturated rings. The predicted molar refractivity (Wildman–Crippen MR) is 412 cm³/mol. The quantitative estimate of drug-likeness (QED) is 0.119. The Hall–Kier alpha value is -12.1. The lowest BCUT2D eigenvalue weighted by Gasteiger charge is -2.34. The Labute approximate surface area is 573 Å². The molecule has 98 heavy (non-hydrogen) atoms. The SMILES string of the molecule is CC1(C)c2ccccc2-c2ccc(N(c3ccc4c(c3)-c3ccccc3C4(C)c3ccccc3)c3ccc(-c4ccc(C5(c6ccccc6)c6ccccc6-c6cc(N(c7ccccc7)c7ccc8c9ccccc9c9ccccc9c8c7)ccc65)cc4)cc3-c3ccccc3)cc21. The smallest absolute Gasteiger partial charge is 0.0713 e. The van der Waals surface area contributed by atoms with Crippen molar-refractivity contribution in [2.45, 2.75) is 37.0 Å². The molecular formula is C96H68N2. The van der Waals surface area contributed by atoms with E-state index in [0.29, 0.717) is 0 Å². The third-order valence-corrected chi connectivity index (χ3v) is 22.2. The summed E-state index contributed by atoms with van der Waals surface area (Å²) in [5.74, 6) is 0. The summed E-state index contributed by atoms with van der Waals surface area (Å²) in [4.78, 5) is 4.97. The molecule has 2 unspecified atom stereocenters. The molecule has 2 nitrogen and oxygen atoms in total. The van der Waals surface area contributed by atoms with E-state index in [1.807, 2.05) is 0 Å². The largest absolute Gasteiger partial charge is 0.310 e. The number of para-hydroxylation sites is 1. The van der Waals surface area contributed by atoms with Crippen molar-refractivity contribution in [3.05, 3.63) is 408 Å². The minimum absolute atomic E-state index is 0.194. The molecule has 0 amide bonds. The van der Waals surface area contributed by atoms with E-state index in [1.54, 1.807) is 0 Å². The molecule has 2 atom stereocenters. The Bertz CT molecular complexity index is 5820. The van der Waals surface area contributed by atoms with Crippen molar-refractivity contribution in [1.29, 1.82) is 0 Å². The molecule has 0 heterocycles. The second-order valence-electron chi connectivity index (χ2n) is 27.6. The third kappa shape index (κ3) is 8.54. The fraction of sp³-hybridized carbons (Fsp3) is 0.0625. The van der Waals surface area contributed by atoms with Crippen LogP contribution in [0.3, 0.4) is 0 Å². The van der Waals surface area contributed by atoms with Gasteiger partial charge in [-0.25, -0.2) is 0 Å². The average molecular weight is 1250 g/mol. The Morgan fingerprint density at radius 3 is 1.29 bits per heavy atom. The van der Waals surface area contributed by atoms with E-state index in [2.05, 4.69) is 388 Å². The van der Waals surface area contributed by atoms with Crippen LogP contribution < -0.4 is 9.80 Å². The molecule has 2 heteroatoms. The van der Waals surface area contributed by atoms with Crippen LogP contribution in [0.2, 0.25) is 0 Å². The van der Waals surface area contributed by atoms with Crippen molar-refractivity contribution in [3.8, 4) is 55.6 Å². The lowest BCUT2D eigenvalue weighted by Crippen LogP contribution is -2.28. The number of hydrogen-bond donors (Lipinski definition) is 0. The highest BCUT2D eigenvalue weighted by atomic mass is 15.1. The van der Waals surface area contributed by atoms with Gasteiger partial charge < -0.3 is 9.80 Å². The highest BCUT2D eigenvalue weighted by Crippen LogP contribution is 2.59. The summed E-state index contributed by atoms with van der Waals surface area (Å²) in [5.41, 5.74) is 29.4. The second-order valence-corrected chi connectivity index (χ2v) is 27.6. The molecule has 0 aliphatic heterocycles. The second kappa shape index (κ2) is 22.2. The van der Waals surface area contributed by atoms with Crippen LogP contribution >= 0.6 is 0 Å². The first-order valence-electron chi connectivity index (χ1n) is 34.4. The number of hydrogen-bond acceptors (Lipinski definition) is 2. The van der Waals surface area contributed by atoms with E-state index in [4.69, 9.17) is 0 Å². The maximum absolute atomic E-state index is 2.53. The summed E-state index contributed by atoms with van der Waals surface area (Å²) < 4.78 is 0. The van der Waals surface area contributed by atoms with Crippen LogP contribution in [0.5, 0.6) is 0 Å². The molecule has 0 aromatic heterocycles. The van der Waals surface area contributed by atoms with Crippen LogP contribution in [-0.2, 0) is 16.2 Å². The van der Waals surface area contributed by atoms with Crippen LogP contribution in [-0.4, -0.2) is 0 Å². The zero-order chi connectivity index (χ0) is 65.3. The van der Waals surface area contributed by atoms with Gasteiger partial charge in [-0.2, -0.15) is 0 Å². The van der Waals surface area contributed by atoms with Crippen molar-refractivity contribution in [3.63, 3.8) is 0 Å². The van der Waals surface area contributed by atoms with Gasteiger partial charge in [0.1, 0.15) is 0 Å². The molecule has 0 spiro atoms. The van der Waals surface area contributed by atoms with Gasteiger partial charge in [-0.1, -0.05) is 299 Å². The van der Waals surface area contributed by atoms with Gasteiger partial charge in [0, 0.05) is 44.8 Å². The van der Waals surface area contributed by atoms with Crippen molar-refractivity contribution >= 4 is 66.4 Å². The van der Waals surface area contributed by atoms with Gasteiger partial charge in [0.25, 0.3) is 0 Å². The number of anilines is 6. The maximum atomic E-state index is 2.53. The molecule has 19 rings (SSSR count). The molecular weight excluding hydrogens is 1180 g/mol. The topological polar surface area (TPSA) is 6.48 Å². The molecule has 0 saturated carbocycles. The summed E-state index contributed by atoms with van der Waals surface area (Å²) >= 11 is 0. The maximum Gasteiger partial charge on any atom is 0.0713 e. The van der Waals surface area contributed by atoms with Crippen LogP contribution in [0.15, 0.2) is 358 Å². The van der Waals surface area contributed by atoms with Crippen LogP contribution in [0.25, 0.3) is 88.0 Å². The Morgan fingerprint density at radius 2 is 0.622 bits per heavy atom. The Kier molecular flexibility index (Phi) is 13.0. The first-order valence-corrected chi connectivity index (χ1v) is 34.4. The van der Waals surface area contributed by atoms with E-state index < -0.39 is 5.41 Å². The molecule has 462 valence electrons. The fourth-order valence-corrected chi connectivity index (χ4v) is 17.6. The van der Waals surface area contributed by atoms with Crippen molar-refractivity contribution < 1.29 is 0 Å². The predicted octanol–water partition coefficient (Wildman–Crippen LogP) is 25.4. The lowest BCUT2D eigenvalue weighted by molar-refractivity contribution is 0.660. The van der Waals surface area contributed by atoms with Gasteiger partial charge in [-0.15, -0.1) is 0 Å². The zero-order valence-corrected chi connectivity index (χ0v) is 55.0. The summed E-state index contributed by atoms with van der Waals surface area (Å²) in [6.07, 6.45) is 0. The van der Waals surface area contributed by atoms with Crippen molar-refractivity contribution in [1.82, 2.24) is 0 Å². The Balaban J connectivity index is 0.756. The zero-order valence-electron chi connectivity index (χ0n) is 55.0. The van der Waals surface area contributed by atoms with Gasteiger partial charge in [0.2, 0.25) is 0 Å². The highest BCUT2D eigenvalue weighted by molar-refractivity contribution is 6.26. The van der Waals surface area contributed by atoms with E-state index >= 15 is 0 Å². The van der Waals surface area contributed by atoms with Crippen LogP contribution in [0.1, 0.15) is 70.8 Å². The number of nitrogens with zero attached hydrogens (tertiary/aromatic N) is 2. The standard InChI is InChI=1S/C96H68N2/c1-94(2)87-41-23-20-38-79(87)82-54-50-73(62-92(82)94)98(72-51-55-89-85(61-72)80-39-21-24-42-88(80)95(89,3)66-28-10-5-11-29-66)93-57-46-65(58-83(93)64-26-8-4-9-27-64)63-44-47-68(48-45-63)96(67-30-12-6-13-31-67)90-43-25-22-40-81(90)86-60-71(52-56-91(86)96)97(69-32-14-7-15-33-69)70-49-53-78-76-36-17-16-34-74(76)75-35-18-19-37-77(75)84(78)59-70/h4-62H,1-3H3. The molecule has 16 aromatic carbocycles. The van der Waals surface area contributed by atoms with E-state index in [1.165, 1.54) is 116 Å². The average Bonchev–Trinajstić information content (AvgIpc) is 1.55. The van der Waals surface area contributed by atoms with E-state index in [9.17, 15) is 0 Å². The number of fused-ring (bicyclic) bond motifs is 15. The van der Waals surface area contributed by atoms with E-state index in [-0.39, 0.29) is 10.8 Å². The summed E-state index contributed by atoms with van der Waals surface area (Å²) in [7, 11) is 0. The van der Waals surface area contributed by atoms with Gasteiger partial charge in [-0.05, 0) is 212 Å². The molecule has 0 N–H and O–H groups in total. The minimum atomic E-state index is -0.620. The van der Waals surface area contributed by atoms with Gasteiger partial charge in [-0.3, -0.25) is 0 Å². The number of rotatable bonds is 11. The van der Waals surface area contributed by atoms with E-state index in [0.717, 1.165) is 56.4 Å². The minimum Gasteiger partial charge on any atom is -0.310 e. The normalized spacial score (nSPS) is 15.9. The van der Waals surface area contributed by atoms with Gasteiger partial charge in [0.05, 0.1) is 11.1 Å². The molecule has 3 aliphatic rings. The molecule has 0 bridgehead atoms. The molecule has 0 radical (unpaired) electrons. The molecule has 16 aromatic rings. The summed E-state index contributed by atoms with van der Waals surface area (Å²) in [6, 6.07) is 134. The monoisotopic (exact) mass is 1250 g/mol. The Morgan fingerprint density at radius 1 is 0.204 bits per heavy atom. The van der Waals surface area contributed by atoms with Crippen LogP contribution in [0, 0.1) is 0 Å². The van der Waals surface area contributed by atoms with Crippen molar-refractivity contribution in [2.24, 2.45) is 0 Å². The molecule has 3 aliphatic carbocycles. The number of benzene rings is 16. The summed E-state index contributed by atoms with van der Waals surface area (Å²) in [6.45, 7) is 7.17. The van der Waals surface area contributed by atoms with Gasteiger partial charge in [0.15, 0.2) is 0 Å². The molecule has 0 saturated heterocycles. The van der Waals surface area contributed by atoms with Crippen molar-refractivity contribution in [2.75, 3.05) is 9.80 Å². The lowest BCUT2D eigenvalue weighted by atomic mass is 9.67.